The number of hydrogen-bond donors (Lipinski definition) is 1. The summed E-state index contributed by atoms with van der Waals surface area (Å²) in [6.45, 7) is 10.1. The molecule has 0 aliphatic carbocycles. The molecule has 0 unspecified atom stereocenters. The molecule has 5 heteroatoms. The largest absolute Gasteiger partial charge is 0.379 e. The third-order valence-corrected chi connectivity index (χ3v) is 3.31. The number of nitrogens with one attached hydrogen (secondary N) is 1. The van der Waals surface area contributed by atoms with E-state index in [2.05, 4.69) is 24.1 Å². The first kappa shape index (κ1) is 17.4. The van der Waals surface area contributed by atoms with Crippen molar-refractivity contribution in [2.45, 2.75) is 46.6 Å². The van der Waals surface area contributed by atoms with Gasteiger partial charge in [0.1, 0.15) is 5.69 Å². The molecule has 5 nitrogen and oxygen atoms in total. The lowest BCUT2D eigenvalue weighted by Gasteiger charge is -2.21. The van der Waals surface area contributed by atoms with Crippen molar-refractivity contribution in [3.63, 3.8) is 0 Å². The highest BCUT2D eigenvalue weighted by Crippen LogP contribution is 2.26. The van der Waals surface area contributed by atoms with Crippen LogP contribution in [0.4, 0.5) is 11.4 Å². The quantitative estimate of drug-likeness (QED) is 0.522. The Hall–Kier alpha value is -1.62. The van der Waals surface area contributed by atoms with Gasteiger partial charge in [-0.1, -0.05) is 26.8 Å². The Morgan fingerprint density at radius 2 is 1.81 bits per heavy atom. The maximum absolute atomic E-state index is 11.1. The average Bonchev–Trinajstić information content (AvgIpc) is 2.45. The van der Waals surface area contributed by atoms with Crippen molar-refractivity contribution in [1.29, 1.82) is 0 Å². The van der Waals surface area contributed by atoms with Gasteiger partial charge in [0.2, 0.25) is 0 Å². The number of rotatable bonds is 10. The zero-order valence-corrected chi connectivity index (χ0v) is 13.4. The summed E-state index contributed by atoms with van der Waals surface area (Å²) in [7, 11) is 0. The fraction of sp³-hybridized carbons (Fsp3) is 0.625. The normalized spacial score (nSPS) is 10.9. The van der Waals surface area contributed by atoms with E-state index >= 15 is 0 Å². The monoisotopic (exact) mass is 293 g/mol. The summed E-state index contributed by atoms with van der Waals surface area (Å²) in [6, 6.07) is 5.41. The van der Waals surface area contributed by atoms with Crippen LogP contribution in [0.1, 0.15) is 45.6 Å². The van der Waals surface area contributed by atoms with E-state index in [1.807, 2.05) is 19.1 Å². The van der Waals surface area contributed by atoms with E-state index in [-0.39, 0.29) is 10.6 Å². The molecule has 0 aliphatic heterocycles. The standard InChI is InChI=1S/C16H27N3O2/c1-4-9-17-15-12-14(7-8-16(15)19(20)21)13-18(10-5-2)11-6-3/h7-8,12,17H,4-6,9-11,13H2,1-3H3. The Balaban J connectivity index is 2.89. The van der Waals surface area contributed by atoms with E-state index in [0.29, 0.717) is 5.69 Å². The van der Waals surface area contributed by atoms with Gasteiger partial charge in [-0.25, -0.2) is 0 Å². The molecular formula is C16H27N3O2. The number of nitro benzene ring substituents is 1. The lowest BCUT2D eigenvalue weighted by molar-refractivity contribution is -0.384. The first-order valence-electron chi connectivity index (χ1n) is 7.85. The van der Waals surface area contributed by atoms with Crippen LogP contribution in [0.15, 0.2) is 18.2 Å². The zero-order valence-electron chi connectivity index (χ0n) is 13.4. The number of hydrogen-bond acceptors (Lipinski definition) is 4. The minimum atomic E-state index is -0.322. The second kappa shape index (κ2) is 9.34. The van der Waals surface area contributed by atoms with Gasteiger partial charge in [0.25, 0.3) is 5.69 Å². The number of nitrogens with zero attached hydrogens (tertiary/aromatic N) is 2. The molecule has 0 saturated carbocycles. The molecular weight excluding hydrogens is 266 g/mol. The molecule has 118 valence electrons. The lowest BCUT2D eigenvalue weighted by atomic mass is 10.1. The molecule has 1 rings (SSSR count). The van der Waals surface area contributed by atoms with Crippen LogP contribution in [0.3, 0.4) is 0 Å². The van der Waals surface area contributed by atoms with Crippen LogP contribution >= 0.6 is 0 Å². The van der Waals surface area contributed by atoms with Crippen molar-refractivity contribution >= 4 is 11.4 Å². The van der Waals surface area contributed by atoms with Gasteiger partial charge in [0, 0.05) is 19.2 Å². The topological polar surface area (TPSA) is 58.4 Å². The predicted molar refractivity (Wildman–Crippen MR) is 87.7 cm³/mol. The first-order valence-corrected chi connectivity index (χ1v) is 7.85. The second-order valence-electron chi connectivity index (χ2n) is 5.31. The van der Waals surface area contributed by atoms with Crippen molar-refractivity contribution in [2.24, 2.45) is 0 Å². The smallest absolute Gasteiger partial charge is 0.292 e. The van der Waals surface area contributed by atoms with Crippen LogP contribution in [0.5, 0.6) is 0 Å². The lowest BCUT2D eigenvalue weighted by Crippen LogP contribution is -2.24. The molecule has 0 heterocycles. The van der Waals surface area contributed by atoms with Gasteiger partial charge < -0.3 is 5.32 Å². The SMILES string of the molecule is CCCNc1cc(CN(CCC)CCC)ccc1[N+](=O)[O-]. The van der Waals surface area contributed by atoms with Crippen LogP contribution in [0, 0.1) is 10.1 Å². The summed E-state index contributed by atoms with van der Waals surface area (Å²) in [6.07, 6.45) is 3.18. The molecule has 0 fully saturated rings. The highest BCUT2D eigenvalue weighted by Gasteiger charge is 2.14. The van der Waals surface area contributed by atoms with Crippen molar-refractivity contribution in [2.75, 3.05) is 25.0 Å². The Morgan fingerprint density at radius 3 is 2.33 bits per heavy atom. The van der Waals surface area contributed by atoms with Crippen molar-refractivity contribution < 1.29 is 4.92 Å². The fourth-order valence-electron chi connectivity index (χ4n) is 2.40. The maximum Gasteiger partial charge on any atom is 0.292 e. The Kier molecular flexibility index (Phi) is 7.75. The third-order valence-electron chi connectivity index (χ3n) is 3.31. The van der Waals surface area contributed by atoms with E-state index in [9.17, 15) is 10.1 Å². The molecule has 21 heavy (non-hydrogen) atoms. The summed E-state index contributed by atoms with van der Waals surface area (Å²) >= 11 is 0. The predicted octanol–water partition coefficient (Wildman–Crippen LogP) is 4.04. The average molecular weight is 293 g/mol. The van der Waals surface area contributed by atoms with Crippen LogP contribution in [0.25, 0.3) is 0 Å². The Bertz CT molecular complexity index is 443. The second-order valence-corrected chi connectivity index (χ2v) is 5.31. The molecule has 0 bridgehead atoms. The van der Waals surface area contributed by atoms with Crippen LogP contribution in [0.2, 0.25) is 0 Å². The molecule has 0 radical (unpaired) electrons. The van der Waals surface area contributed by atoms with Gasteiger partial charge in [0.15, 0.2) is 0 Å². The molecule has 0 saturated heterocycles. The van der Waals surface area contributed by atoms with Crippen LogP contribution < -0.4 is 5.32 Å². The summed E-state index contributed by atoms with van der Waals surface area (Å²) < 4.78 is 0. The third kappa shape index (κ3) is 5.71. The molecule has 0 spiro atoms. The summed E-state index contributed by atoms with van der Waals surface area (Å²) in [4.78, 5) is 13.2. The van der Waals surface area contributed by atoms with E-state index in [0.717, 1.165) is 51.0 Å². The van der Waals surface area contributed by atoms with Gasteiger partial charge in [-0.3, -0.25) is 15.0 Å². The van der Waals surface area contributed by atoms with Gasteiger partial charge in [0.05, 0.1) is 4.92 Å². The molecule has 1 aromatic carbocycles. The summed E-state index contributed by atoms with van der Waals surface area (Å²) in [5, 5.41) is 14.2. The molecule has 0 atom stereocenters. The molecule has 1 N–H and O–H groups in total. The van der Waals surface area contributed by atoms with Crippen molar-refractivity contribution in [3.05, 3.63) is 33.9 Å². The maximum atomic E-state index is 11.1. The Labute approximate surface area is 127 Å². The van der Waals surface area contributed by atoms with Crippen LogP contribution in [-0.2, 0) is 6.54 Å². The zero-order chi connectivity index (χ0) is 15.7. The van der Waals surface area contributed by atoms with Gasteiger partial charge in [-0.05, 0) is 44.0 Å². The van der Waals surface area contributed by atoms with Gasteiger partial charge in [-0.2, -0.15) is 0 Å². The number of anilines is 1. The highest BCUT2D eigenvalue weighted by atomic mass is 16.6. The fourth-order valence-corrected chi connectivity index (χ4v) is 2.40. The molecule has 0 amide bonds. The Morgan fingerprint density at radius 1 is 1.14 bits per heavy atom. The van der Waals surface area contributed by atoms with Gasteiger partial charge in [-0.15, -0.1) is 0 Å². The van der Waals surface area contributed by atoms with E-state index in [1.165, 1.54) is 0 Å². The van der Waals surface area contributed by atoms with Crippen molar-refractivity contribution in [3.8, 4) is 0 Å². The van der Waals surface area contributed by atoms with Gasteiger partial charge >= 0.3 is 0 Å². The minimum Gasteiger partial charge on any atom is -0.379 e. The van der Waals surface area contributed by atoms with E-state index in [4.69, 9.17) is 0 Å². The van der Waals surface area contributed by atoms with E-state index < -0.39 is 0 Å². The summed E-state index contributed by atoms with van der Waals surface area (Å²) in [5.41, 5.74) is 1.91. The van der Waals surface area contributed by atoms with E-state index in [1.54, 1.807) is 6.07 Å². The number of nitro groups is 1. The molecule has 1 aromatic rings. The first-order chi connectivity index (χ1) is 10.1. The highest BCUT2D eigenvalue weighted by molar-refractivity contribution is 5.62. The molecule has 0 aromatic heterocycles. The van der Waals surface area contributed by atoms with Crippen molar-refractivity contribution in [1.82, 2.24) is 4.90 Å². The number of benzene rings is 1. The summed E-state index contributed by atoms with van der Waals surface area (Å²) in [5.74, 6) is 0. The molecule has 0 aliphatic rings. The minimum absolute atomic E-state index is 0.157. The van der Waals surface area contributed by atoms with Crippen LogP contribution in [-0.4, -0.2) is 29.5 Å².